The van der Waals surface area contributed by atoms with Gasteiger partial charge in [-0.25, -0.2) is 0 Å². The summed E-state index contributed by atoms with van der Waals surface area (Å²) in [6, 6.07) is 8.38. The molecule has 116 valence electrons. The summed E-state index contributed by atoms with van der Waals surface area (Å²) in [5, 5.41) is 7.45. The summed E-state index contributed by atoms with van der Waals surface area (Å²) in [6.45, 7) is 7.32. The van der Waals surface area contributed by atoms with Crippen molar-refractivity contribution in [3.05, 3.63) is 24.3 Å². The van der Waals surface area contributed by atoms with Crippen molar-refractivity contribution in [2.45, 2.75) is 46.1 Å². The van der Waals surface area contributed by atoms with E-state index in [2.05, 4.69) is 24.5 Å². The summed E-state index contributed by atoms with van der Waals surface area (Å²) < 4.78 is 5.44. The molecule has 2 N–H and O–H groups in total. The molecule has 0 heterocycles. The quantitative estimate of drug-likeness (QED) is 0.817. The minimum Gasteiger partial charge on any atom is -0.494 e. The Morgan fingerprint density at radius 1 is 1.24 bits per heavy atom. The molecule has 0 aromatic heterocycles. The van der Waals surface area contributed by atoms with Crippen molar-refractivity contribution in [2.75, 3.05) is 11.9 Å². The standard InChI is InChI=1S/C17H26N2OS/c1-4-20-15-10-8-14(9-11-15)18-17(21)19-16-7-5-6-12(2)13(16)3/h8-13,16H,4-7H2,1-3H3,(H2,18,19,21)/t12-,13+,16+/m1/s1. The van der Waals surface area contributed by atoms with Gasteiger partial charge in [-0.2, -0.15) is 0 Å². The first kappa shape index (κ1) is 16.1. The zero-order valence-corrected chi connectivity index (χ0v) is 14.0. The van der Waals surface area contributed by atoms with Crippen molar-refractivity contribution in [1.82, 2.24) is 5.32 Å². The maximum absolute atomic E-state index is 5.44. The third-order valence-corrected chi connectivity index (χ3v) is 4.67. The maximum atomic E-state index is 5.44. The van der Waals surface area contributed by atoms with Crippen molar-refractivity contribution in [2.24, 2.45) is 11.8 Å². The van der Waals surface area contributed by atoms with Gasteiger partial charge in [0, 0.05) is 11.7 Å². The molecule has 2 rings (SSSR count). The molecule has 0 saturated heterocycles. The van der Waals surface area contributed by atoms with Crippen LogP contribution >= 0.6 is 12.2 Å². The molecule has 0 spiro atoms. The molecule has 1 aliphatic carbocycles. The Labute approximate surface area is 133 Å². The molecule has 0 radical (unpaired) electrons. The van der Waals surface area contributed by atoms with Crippen LogP contribution in [0.2, 0.25) is 0 Å². The van der Waals surface area contributed by atoms with Gasteiger partial charge in [-0.1, -0.05) is 26.7 Å². The van der Waals surface area contributed by atoms with Crippen molar-refractivity contribution >= 4 is 23.0 Å². The van der Waals surface area contributed by atoms with Gasteiger partial charge >= 0.3 is 0 Å². The Balaban J connectivity index is 1.86. The van der Waals surface area contributed by atoms with Gasteiger partial charge in [0.2, 0.25) is 0 Å². The first-order valence-corrected chi connectivity index (χ1v) is 8.31. The topological polar surface area (TPSA) is 33.3 Å². The summed E-state index contributed by atoms with van der Waals surface area (Å²) in [7, 11) is 0. The van der Waals surface area contributed by atoms with Crippen molar-refractivity contribution in [3.63, 3.8) is 0 Å². The van der Waals surface area contributed by atoms with Crippen LogP contribution in [-0.2, 0) is 0 Å². The van der Waals surface area contributed by atoms with E-state index < -0.39 is 0 Å². The monoisotopic (exact) mass is 306 g/mol. The van der Waals surface area contributed by atoms with Crippen molar-refractivity contribution < 1.29 is 4.74 Å². The number of anilines is 1. The predicted molar refractivity (Wildman–Crippen MR) is 92.9 cm³/mol. The Bertz CT molecular complexity index is 460. The highest BCUT2D eigenvalue weighted by Gasteiger charge is 2.27. The van der Waals surface area contributed by atoms with Crippen LogP contribution in [0.1, 0.15) is 40.0 Å². The molecule has 21 heavy (non-hydrogen) atoms. The van der Waals surface area contributed by atoms with E-state index in [0.717, 1.165) is 17.4 Å². The van der Waals surface area contributed by atoms with Crippen LogP contribution < -0.4 is 15.4 Å². The number of hydrogen-bond acceptors (Lipinski definition) is 2. The van der Waals surface area contributed by atoms with Crippen LogP contribution in [0.5, 0.6) is 5.75 Å². The van der Waals surface area contributed by atoms with Crippen LogP contribution in [0, 0.1) is 11.8 Å². The molecule has 3 nitrogen and oxygen atoms in total. The number of hydrogen-bond donors (Lipinski definition) is 2. The summed E-state index contributed by atoms with van der Waals surface area (Å²) in [4.78, 5) is 0. The summed E-state index contributed by atoms with van der Waals surface area (Å²) in [5.41, 5.74) is 0.993. The highest BCUT2D eigenvalue weighted by molar-refractivity contribution is 7.80. The van der Waals surface area contributed by atoms with Crippen molar-refractivity contribution in [1.29, 1.82) is 0 Å². The smallest absolute Gasteiger partial charge is 0.171 e. The van der Waals surface area contributed by atoms with Gasteiger partial charge in [-0.15, -0.1) is 0 Å². The number of nitrogens with one attached hydrogen (secondary N) is 2. The lowest BCUT2D eigenvalue weighted by atomic mass is 9.78. The van der Waals surface area contributed by atoms with E-state index in [0.29, 0.717) is 23.7 Å². The van der Waals surface area contributed by atoms with Crippen LogP contribution in [0.15, 0.2) is 24.3 Å². The van der Waals surface area contributed by atoms with E-state index in [9.17, 15) is 0 Å². The van der Waals surface area contributed by atoms with Gasteiger partial charge in [0.1, 0.15) is 5.75 Å². The van der Waals surface area contributed by atoms with Gasteiger partial charge in [0.05, 0.1) is 6.61 Å². The molecule has 1 aromatic rings. The largest absolute Gasteiger partial charge is 0.494 e. The van der Waals surface area contributed by atoms with Crippen molar-refractivity contribution in [3.8, 4) is 5.75 Å². The molecule has 0 amide bonds. The molecule has 3 atom stereocenters. The van der Waals surface area contributed by atoms with Gasteiger partial charge in [0.15, 0.2) is 5.11 Å². The average molecular weight is 306 g/mol. The third kappa shape index (κ3) is 4.60. The molecule has 1 aromatic carbocycles. The number of rotatable bonds is 4. The highest BCUT2D eigenvalue weighted by atomic mass is 32.1. The van der Waals surface area contributed by atoms with Crippen LogP contribution in [0.3, 0.4) is 0 Å². The second kappa shape index (κ2) is 7.64. The molecule has 0 unspecified atom stereocenters. The zero-order chi connectivity index (χ0) is 15.2. The van der Waals surface area contributed by atoms with E-state index in [4.69, 9.17) is 17.0 Å². The van der Waals surface area contributed by atoms with Crippen LogP contribution in [-0.4, -0.2) is 17.8 Å². The third-order valence-electron chi connectivity index (χ3n) is 4.45. The Morgan fingerprint density at radius 3 is 2.62 bits per heavy atom. The Morgan fingerprint density at radius 2 is 1.95 bits per heavy atom. The molecule has 4 heteroatoms. The molecular weight excluding hydrogens is 280 g/mol. The number of benzene rings is 1. The van der Waals surface area contributed by atoms with Gasteiger partial charge in [0.25, 0.3) is 0 Å². The molecular formula is C17H26N2OS. The minimum absolute atomic E-state index is 0.483. The van der Waals surface area contributed by atoms with Gasteiger partial charge < -0.3 is 15.4 Å². The molecule has 0 bridgehead atoms. The lowest BCUT2D eigenvalue weighted by Gasteiger charge is -2.35. The van der Waals surface area contributed by atoms with E-state index in [1.807, 2.05) is 31.2 Å². The van der Waals surface area contributed by atoms with E-state index in [1.54, 1.807) is 0 Å². The Hall–Kier alpha value is -1.29. The van der Waals surface area contributed by atoms with Crippen LogP contribution in [0.25, 0.3) is 0 Å². The summed E-state index contributed by atoms with van der Waals surface area (Å²) >= 11 is 5.44. The maximum Gasteiger partial charge on any atom is 0.171 e. The summed E-state index contributed by atoms with van der Waals surface area (Å²) in [5.74, 6) is 2.32. The first-order chi connectivity index (χ1) is 10.1. The van der Waals surface area contributed by atoms with E-state index in [-0.39, 0.29) is 0 Å². The fraction of sp³-hybridized carbons (Fsp3) is 0.588. The fourth-order valence-corrected chi connectivity index (χ4v) is 3.19. The van der Waals surface area contributed by atoms with Gasteiger partial charge in [-0.05, 0) is 61.7 Å². The summed E-state index contributed by atoms with van der Waals surface area (Å²) in [6.07, 6.45) is 3.82. The number of thiocarbonyl (C=S) groups is 1. The lowest BCUT2D eigenvalue weighted by molar-refractivity contribution is 0.225. The first-order valence-electron chi connectivity index (χ1n) is 7.90. The van der Waals surface area contributed by atoms with E-state index in [1.165, 1.54) is 19.3 Å². The molecule has 1 fully saturated rings. The average Bonchev–Trinajstić information content (AvgIpc) is 2.46. The second-order valence-corrected chi connectivity index (χ2v) is 6.34. The van der Waals surface area contributed by atoms with E-state index >= 15 is 0 Å². The normalized spacial score (nSPS) is 25.2. The SMILES string of the molecule is CCOc1ccc(NC(=S)N[C@H]2CCC[C@@H](C)[C@@H]2C)cc1. The minimum atomic E-state index is 0.483. The van der Waals surface area contributed by atoms with Crippen LogP contribution in [0.4, 0.5) is 5.69 Å². The fourth-order valence-electron chi connectivity index (χ4n) is 2.92. The zero-order valence-electron chi connectivity index (χ0n) is 13.2. The Kier molecular flexibility index (Phi) is 5.85. The molecule has 0 aliphatic heterocycles. The van der Waals surface area contributed by atoms with Gasteiger partial charge in [-0.3, -0.25) is 0 Å². The molecule has 1 saturated carbocycles. The molecule has 1 aliphatic rings. The second-order valence-electron chi connectivity index (χ2n) is 5.93. The number of ether oxygens (including phenoxy) is 1. The highest BCUT2D eigenvalue weighted by Crippen LogP contribution is 2.29. The predicted octanol–water partition coefficient (Wildman–Crippen LogP) is 4.20. The lowest BCUT2D eigenvalue weighted by Crippen LogP contribution is -2.45.